The predicted octanol–water partition coefficient (Wildman–Crippen LogP) is -0.179. The van der Waals surface area contributed by atoms with Crippen LogP contribution in [-0.2, 0) is 4.79 Å². The van der Waals surface area contributed by atoms with E-state index < -0.39 is 5.97 Å². The van der Waals surface area contributed by atoms with E-state index in [1.165, 1.54) is 0 Å². The largest absolute Gasteiger partial charge is 0.480 e. The van der Waals surface area contributed by atoms with Gasteiger partial charge in [0.2, 0.25) is 0 Å². The van der Waals surface area contributed by atoms with Crippen LogP contribution in [0.15, 0.2) is 0 Å². The van der Waals surface area contributed by atoms with Gasteiger partial charge in [0.1, 0.15) is 6.04 Å². The molecule has 1 fully saturated rings. The zero-order chi connectivity index (χ0) is 6.15. The van der Waals surface area contributed by atoms with Crippen LogP contribution in [0, 0.1) is 0 Å². The van der Waals surface area contributed by atoms with Crippen LogP contribution in [0.25, 0.3) is 0 Å². The first-order valence-electron chi connectivity index (χ1n) is 2.69. The molecular weight excluding hydrogens is 106 g/mol. The zero-order valence-electron chi connectivity index (χ0n) is 4.72. The lowest BCUT2D eigenvalue weighted by molar-refractivity contribution is -0.142. The molecule has 1 aliphatic rings. The van der Waals surface area contributed by atoms with E-state index in [9.17, 15) is 4.79 Å². The lowest BCUT2D eigenvalue weighted by Gasteiger charge is -2.30. The van der Waals surface area contributed by atoms with Crippen molar-refractivity contribution in [3.8, 4) is 0 Å². The maximum Gasteiger partial charge on any atom is 0.320 e. The van der Waals surface area contributed by atoms with E-state index in [2.05, 4.69) is 5.32 Å². The number of carboxylic acids is 1. The van der Waals surface area contributed by atoms with E-state index >= 15 is 0 Å². The SMILES string of the molecule is C[C@@H]1C[C@@H](C(=O)O)N1. The molecule has 2 atom stereocenters. The van der Waals surface area contributed by atoms with Crippen LogP contribution in [0.2, 0.25) is 0 Å². The predicted molar refractivity (Wildman–Crippen MR) is 28.6 cm³/mol. The second-order valence-electron chi connectivity index (χ2n) is 2.19. The molecule has 0 saturated carbocycles. The van der Waals surface area contributed by atoms with Crippen LogP contribution < -0.4 is 5.32 Å². The van der Waals surface area contributed by atoms with Gasteiger partial charge >= 0.3 is 5.97 Å². The number of aliphatic carboxylic acids is 1. The smallest absolute Gasteiger partial charge is 0.320 e. The molecule has 0 aliphatic carbocycles. The molecule has 46 valence electrons. The summed E-state index contributed by atoms with van der Waals surface area (Å²) in [5, 5.41) is 11.1. The highest BCUT2D eigenvalue weighted by atomic mass is 16.4. The average molecular weight is 115 g/mol. The molecule has 2 N–H and O–H groups in total. The fraction of sp³-hybridized carbons (Fsp3) is 0.800. The molecular formula is C5H9NO2. The normalized spacial score (nSPS) is 36.1. The second-order valence-corrected chi connectivity index (χ2v) is 2.19. The molecule has 1 saturated heterocycles. The molecule has 0 bridgehead atoms. The van der Waals surface area contributed by atoms with Gasteiger partial charge < -0.3 is 10.4 Å². The van der Waals surface area contributed by atoms with Crippen LogP contribution in [0.5, 0.6) is 0 Å². The Morgan fingerprint density at radius 2 is 2.38 bits per heavy atom. The third kappa shape index (κ3) is 0.816. The minimum atomic E-state index is -0.733. The van der Waals surface area contributed by atoms with Crippen LogP contribution in [0.4, 0.5) is 0 Å². The van der Waals surface area contributed by atoms with Gasteiger partial charge in [0.05, 0.1) is 0 Å². The molecule has 0 aromatic carbocycles. The quantitative estimate of drug-likeness (QED) is 0.498. The van der Waals surface area contributed by atoms with Crippen LogP contribution in [0.1, 0.15) is 13.3 Å². The molecule has 1 heterocycles. The van der Waals surface area contributed by atoms with Crippen molar-refractivity contribution in [1.29, 1.82) is 0 Å². The summed E-state index contributed by atoms with van der Waals surface area (Å²) in [6.07, 6.45) is 0.773. The van der Waals surface area contributed by atoms with Crippen LogP contribution in [0.3, 0.4) is 0 Å². The summed E-state index contributed by atoms with van der Waals surface area (Å²) >= 11 is 0. The van der Waals surface area contributed by atoms with Gasteiger partial charge in [0.25, 0.3) is 0 Å². The molecule has 0 unspecified atom stereocenters. The Balaban J connectivity index is 2.25. The highest BCUT2D eigenvalue weighted by molar-refractivity contribution is 5.74. The molecule has 0 aromatic heterocycles. The Morgan fingerprint density at radius 3 is 2.50 bits per heavy atom. The summed E-state index contributed by atoms with van der Waals surface area (Å²) in [4.78, 5) is 10.1. The van der Waals surface area contributed by atoms with Crippen molar-refractivity contribution in [3.05, 3.63) is 0 Å². The number of carbonyl (C=O) groups is 1. The van der Waals surface area contributed by atoms with E-state index in [-0.39, 0.29) is 6.04 Å². The first-order valence-corrected chi connectivity index (χ1v) is 2.69. The first-order chi connectivity index (χ1) is 3.70. The van der Waals surface area contributed by atoms with Gasteiger partial charge in [-0.1, -0.05) is 0 Å². The standard InChI is InChI=1S/C5H9NO2/c1-3-2-4(6-3)5(7)8/h3-4,6H,2H2,1H3,(H,7,8)/t3-,4+/m1/s1. The van der Waals surface area contributed by atoms with Crippen molar-refractivity contribution in [3.63, 3.8) is 0 Å². The lowest BCUT2D eigenvalue weighted by Crippen LogP contribution is -2.54. The third-order valence-corrected chi connectivity index (χ3v) is 1.37. The molecule has 3 nitrogen and oxygen atoms in total. The fourth-order valence-electron chi connectivity index (χ4n) is 0.845. The van der Waals surface area contributed by atoms with Crippen molar-refractivity contribution in [2.45, 2.75) is 25.4 Å². The Labute approximate surface area is 47.7 Å². The van der Waals surface area contributed by atoms with Gasteiger partial charge in [0.15, 0.2) is 0 Å². The monoisotopic (exact) mass is 115 g/mol. The lowest BCUT2D eigenvalue weighted by atomic mass is 9.99. The molecule has 0 spiro atoms. The zero-order valence-corrected chi connectivity index (χ0v) is 4.72. The second kappa shape index (κ2) is 1.74. The number of carboxylic acid groups (broad SMARTS) is 1. The van der Waals surface area contributed by atoms with Crippen molar-refractivity contribution in [2.24, 2.45) is 0 Å². The van der Waals surface area contributed by atoms with Crippen LogP contribution in [-0.4, -0.2) is 23.2 Å². The Hall–Kier alpha value is -0.570. The van der Waals surface area contributed by atoms with Gasteiger partial charge in [-0.2, -0.15) is 0 Å². The van der Waals surface area contributed by atoms with Gasteiger partial charge in [0, 0.05) is 6.04 Å². The minimum Gasteiger partial charge on any atom is -0.480 e. The van der Waals surface area contributed by atoms with Crippen molar-refractivity contribution < 1.29 is 9.90 Å². The number of nitrogens with one attached hydrogen (secondary N) is 1. The van der Waals surface area contributed by atoms with Crippen LogP contribution >= 0.6 is 0 Å². The van der Waals surface area contributed by atoms with Crippen molar-refractivity contribution >= 4 is 5.97 Å². The fourth-order valence-corrected chi connectivity index (χ4v) is 0.845. The van der Waals surface area contributed by atoms with E-state index in [4.69, 9.17) is 5.11 Å². The Kier molecular flexibility index (Phi) is 1.21. The van der Waals surface area contributed by atoms with Gasteiger partial charge in [-0.3, -0.25) is 4.79 Å². The summed E-state index contributed by atoms with van der Waals surface area (Å²) in [6, 6.07) is 0.126. The molecule has 1 rings (SSSR count). The molecule has 3 heteroatoms. The number of hydrogen-bond acceptors (Lipinski definition) is 2. The highest BCUT2D eigenvalue weighted by Crippen LogP contribution is 2.09. The maximum absolute atomic E-state index is 10.1. The van der Waals surface area contributed by atoms with Crippen molar-refractivity contribution in [1.82, 2.24) is 5.32 Å². The topological polar surface area (TPSA) is 49.3 Å². The highest BCUT2D eigenvalue weighted by Gasteiger charge is 2.29. The molecule has 8 heavy (non-hydrogen) atoms. The van der Waals surface area contributed by atoms with Gasteiger partial charge in [-0.05, 0) is 13.3 Å². The summed E-state index contributed by atoms with van der Waals surface area (Å²) in [6.45, 7) is 1.97. The van der Waals surface area contributed by atoms with E-state index in [0.29, 0.717) is 6.04 Å². The Bertz CT molecular complexity index is 107. The number of rotatable bonds is 1. The third-order valence-electron chi connectivity index (χ3n) is 1.37. The summed E-state index contributed by atoms with van der Waals surface area (Å²) in [5.41, 5.74) is 0. The van der Waals surface area contributed by atoms with E-state index in [1.807, 2.05) is 6.92 Å². The number of hydrogen-bond donors (Lipinski definition) is 2. The summed E-state index contributed by atoms with van der Waals surface area (Å²) < 4.78 is 0. The maximum atomic E-state index is 10.1. The average Bonchev–Trinajstić information content (AvgIpc) is 1.57. The van der Waals surface area contributed by atoms with E-state index in [1.54, 1.807) is 0 Å². The summed E-state index contributed by atoms with van der Waals surface area (Å²) in [5.74, 6) is -0.733. The molecule has 0 aromatic rings. The molecule has 1 aliphatic heterocycles. The first kappa shape index (κ1) is 5.56. The van der Waals surface area contributed by atoms with Gasteiger partial charge in [-0.15, -0.1) is 0 Å². The molecule has 0 radical (unpaired) electrons. The Morgan fingerprint density at radius 1 is 1.88 bits per heavy atom. The van der Waals surface area contributed by atoms with E-state index in [0.717, 1.165) is 6.42 Å². The summed E-state index contributed by atoms with van der Waals surface area (Å²) in [7, 11) is 0. The minimum absolute atomic E-state index is 0.273. The van der Waals surface area contributed by atoms with Gasteiger partial charge in [-0.25, -0.2) is 0 Å². The molecule has 0 amide bonds. The van der Waals surface area contributed by atoms with Crippen molar-refractivity contribution in [2.75, 3.05) is 0 Å².